The first-order valence-corrected chi connectivity index (χ1v) is 13.1. The van der Waals surface area contributed by atoms with E-state index in [0.29, 0.717) is 13.1 Å². The van der Waals surface area contributed by atoms with Crippen LogP contribution in [0.3, 0.4) is 0 Å². The Kier molecular flexibility index (Phi) is 6.44. The Morgan fingerprint density at radius 1 is 1.22 bits per heavy atom. The molecular weight excluding hydrogens is 530 g/mol. The molecule has 186 valence electrons. The summed E-state index contributed by atoms with van der Waals surface area (Å²) in [6.45, 7) is 2.00. The van der Waals surface area contributed by atoms with Crippen LogP contribution in [0.1, 0.15) is 35.6 Å². The fourth-order valence-corrected chi connectivity index (χ4v) is 5.25. The van der Waals surface area contributed by atoms with Gasteiger partial charge in [-0.15, -0.1) is 0 Å². The number of aromatic nitrogens is 5. The maximum absolute atomic E-state index is 13.1. The Labute approximate surface area is 222 Å². The van der Waals surface area contributed by atoms with E-state index in [1.807, 2.05) is 53.7 Å². The fourth-order valence-electron chi connectivity index (χ4n) is 4.90. The zero-order chi connectivity index (χ0) is 25.2. The third kappa shape index (κ3) is 4.86. The lowest BCUT2D eigenvalue weighted by atomic mass is 9.94. The predicted octanol–water partition coefficient (Wildman–Crippen LogP) is 5.40. The van der Waals surface area contributed by atoms with Gasteiger partial charge in [0.2, 0.25) is 5.91 Å². The molecule has 1 fully saturated rings. The van der Waals surface area contributed by atoms with Crippen LogP contribution in [0.4, 0.5) is 5.82 Å². The molecule has 6 rings (SSSR count). The van der Waals surface area contributed by atoms with Gasteiger partial charge in [-0.05, 0) is 58.1 Å². The number of fused-ring (bicyclic) bond motifs is 2. The number of hydrogen-bond acceptors (Lipinski definition) is 5. The Hall–Kier alpha value is -3.98. The number of carbonyl (C=O) groups is 1. The summed E-state index contributed by atoms with van der Waals surface area (Å²) >= 11 is 3.59. The van der Waals surface area contributed by atoms with Gasteiger partial charge in [0.1, 0.15) is 5.82 Å². The number of anilines is 1. The standard InChI is InChI=1S/C28H26BrN7O/c29-23-17-33-36-26(32-15-19-5-3-11-30-14-19)13-25(34-28(23)36)21-6-4-12-35(18-21)27(37)10-9-20-16-31-24-8-2-1-7-22(20)24/h1-3,5,7-11,13-14,16-17,21,31-32H,4,6,12,15,18H2/b10-9+. The van der Waals surface area contributed by atoms with Crippen molar-refractivity contribution in [3.8, 4) is 0 Å². The van der Waals surface area contributed by atoms with Crippen molar-refractivity contribution in [3.63, 3.8) is 0 Å². The molecule has 0 spiro atoms. The first-order chi connectivity index (χ1) is 18.2. The van der Waals surface area contributed by atoms with E-state index in [9.17, 15) is 4.79 Å². The van der Waals surface area contributed by atoms with E-state index >= 15 is 0 Å². The number of halogens is 1. The van der Waals surface area contributed by atoms with E-state index in [4.69, 9.17) is 4.98 Å². The number of nitrogens with zero attached hydrogens (tertiary/aromatic N) is 5. The molecule has 1 unspecified atom stereocenters. The zero-order valence-corrected chi connectivity index (χ0v) is 21.7. The van der Waals surface area contributed by atoms with Gasteiger partial charge >= 0.3 is 0 Å². The highest BCUT2D eigenvalue weighted by Crippen LogP contribution is 2.30. The summed E-state index contributed by atoms with van der Waals surface area (Å²) in [5.41, 5.74) is 4.87. The Balaban J connectivity index is 1.21. The highest BCUT2D eigenvalue weighted by atomic mass is 79.9. The van der Waals surface area contributed by atoms with Crippen molar-refractivity contribution in [2.45, 2.75) is 25.3 Å². The summed E-state index contributed by atoms with van der Waals surface area (Å²) in [6.07, 6.45) is 12.8. The minimum absolute atomic E-state index is 0.0246. The van der Waals surface area contributed by atoms with Gasteiger partial charge in [-0.1, -0.05) is 24.3 Å². The second kappa shape index (κ2) is 10.2. The largest absolute Gasteiger partial charge is 0.366 e. The molecule has 1 amide bonds. The van der Waals surface area contributed by atoms with E-state index in [-0.39, 0.29) is 11.8 Å². The third-order valence-electron chi connectivity index (χ3n) is 6.82. The molecule has 0 saturated carbocycles. The highest BCUT2D eigenvalue weighted by molar-refractivity contribution is 9.10. The molecule has 9 heteroatoms. The molecule has 5 heterocycles. The second-order valence-corrected chi connectivity index (χ2v) is 10.1. The fraction of sp³-hybridized carbons (Fsp3) is 0.214. The summed E-state index contributed by atoms with van der Waals surface area (Å²) in [5.74, 6) is 1.03. The smallest absolute Gasteiger partial charge is 0.246 e. The summed E-state index contributed by atoms with van der Waals surface area (Å²) in [5, 5.41) is 9.08. The van der Waals surface area contributed by atoms with Crippen LogP contribution in [0.25, 0.3) is 22.6 Å². The first-order valence-electron chi connectivity index (χ1n) is 12.4. The molecular formula is C28H26BrN7O. The third-order valence-corrected chi connectivity index (χ3v) is 7.38. The molecule has 1 saturated heterocycles. The minimum atomic E-state index is 0.0246. The van der Waals surface area contributed by atoms with E-state index in [0.717, 1.165) is 63.0 Å². The van der Waals surface area contributed by atoms with Crippen LogP contribution in [-0.2, 0) is 11.3 Å². The normalized spacial score (nSPS) is 16.1. The van der Waals surface area contributed by atoms with Crippen LogP contribution in [0.5, 0.6) is 0 Å². The minimum Gasteiger partial charge on any atom is -0.366 e. The maximum atomic E-state index is 13.1. The van der Waals surface area contributed by atoms with Gasteiger partial charge in [-0.3, -0.25) is 9.78 Å². The molecule has 0 radical (unpaired) electrons. The number of hydrogen-bond donors (Lipinski definition) is 2. The van der Waals surface area contributed by atoms with Crippen molar-refractivity contribution in [2.24, 2.45) is 0 Å². The molecule has 2 N–H and O–H groups in total. The van der Waals surface area contributed by atoms with Crippen LogP contribution >= 0.6 is 15.9 Å². The molecule has 0 bridgehead atoms. The number of pyridine rings is 1. The Bertz CT molecular complexity index is 1590. The van der Waals surface area contributed by atoms with Crippen molar-refractivity contribution >= 4 is 50.3 Å². The number of amides is 1. The number of H-pyrrole nitrogens is 1. The number of aromatic amines is 1. The number of para-hydroxylation sites is 1. The SMILES string of the molecule is O=C(/C=C/c1c[nH]c2ccccc12)N1CCCC(c2cc(NCc3cccnc3)n3ncc(Br)c3n2)C1. The Morgan fingerprint density at radius 2 is 2.14 bits per heavy atom. The lowest BCUT2D eigenvalue weighted by Gasteiger charge is -2.32. The van der Waals surface area contributed by atoms with E-state index in [2.05, 4.69) is 48.4 Å². The molecule has 1 aliphatic rings. The quantitative estimate of drug-likeness (QED) is 0.274. The molecule has 5 aromatic rings. The van der Waals surface area contributed by atoms with Gasteiger partial charge in [-0.25, -0.2) is 4.98 Å². The molecule has 37 heavy (non-hydrogen) atoms. The summed E-state index contributed by atoms with van der Waals surface area (Å²) in [4.78, 5) is 27.4. The van der Waals surface area contributed by atoms with Crippen LogP contribution in [0.2, 0.25) is 0 Å². The van der Waals surface area contributed by atoms with Crippen LogP contribution in [0.15, 0.2) is 77.8 Å². The van der Waals surface area contributed by atoms with E-state index in [1.54, 1.807) is 23.0 Å². The van der Waals surface area contributed by atoms with Crippen molar-refractivity contribution in [1.82, 2.24) is 29.5 Å². The first kappa shape index (κ1) is 23.4. The number of carbonyl (C=O) groups excluding carboxylic acids is 1. The van der Waals surface area contributed by atoms with Gasteiger partial charge in [0.15, 0.2) is 5.65 Å². The number of benzene rings is 1. The summed E-state index contributed by atoms with van der Waals surface area (Å²) in [7, 11) is 0. The Morgan fingerprint density at radius 3 is 3.03 bits per heavy atom. The van der Waals surface area contributed by atoms with Crippen molar-refractivity contribution < 1.29 is 4.79 Å². The number of rotatable bonds is 6. The van der Waals surface area contributed by atoms with Crippen LogP contribution in [0, 0.1) is 0 Å². The maximum Gasteiger partial charge on any atom is 0.246 e. The average molecular weight is 556 g/mol. The zero-order valence-electron chi connectivity index (χ0n) is 20.1. The van der Waals surface area contributed by atoms with Gasteiger partial charge in [0.25, 0.3) is 0 Å². The highest BCUT2D eigenvalue weighted by Gasteiger charge is 2.26. The molecule has 1 atom stereocenters. The summed E-state index contributed by atoms with van der Waals surface area (Å²) in [6, 6.07) is 14.1. The number of likely N-dealkylation sites (tertiary alicyclic amines) is 1. The second-order valence-electron chi connectivity index (χ2n) is 9.26. The van der Waals surface area contributed by atoms with Gasteiger partial charge in [0, 0.05) is 67.2 Å². The lowest BCUT2D eigenvalue weighted by molar-refractivity contribution is -0.127. The van der Waals surface area contributed by atoms with Gasteiger partial charge in [-0.2, -0.15) is 9.61 Å². The predicted molar refractivity (Wildman–Crippen MR) is 148 cm³/mol. The number of nitrogens with one attached hydrogen (secondary N) is 2. The topological polar surface area (TPSA) is 91.2 Å². The number of piperidine rings is 1. The average Bonchev–Trinajstić information content (AvgIpc) is 3.54. The monoisotopic (exact) mass is 555 g/mol. The molecule has 0 aliphatic carbocycles. The van der Waals surface area contributed by atoms with Crippen LogP contribution < -0.4 is 5.32 Å². The molecule has 1 aromatic carbocycles. The van der Waals surface area contributed by atoms with Gasteiger partial charge in [0.05, 0.1) is 16.4 Å². The van der Waals surface area contributed by atoms with Crippen LogP contribution in [-0.4, -0.2) is 48.5 Å². The van der Waals surface area contributed by atoms with Crippen molar-refractivity contribution in [3.05, 3.63) is 94.6 Å². The van der Waals surface area contributed by atoms with E-state index in [1.165, 1.54) is 0 Å². The molecule has 8 nitrogen and oxygen atoms in total. The lowest BCUT2D eigenvalue weighted by Crippen LogP contribution is -2.38. The van der Waals surface area contributed by atoms with E-state index < -0.39 is 0 Å². The summed E-state index contributed by atoms with van der Waals surface area (Å²) < 4.78 is 2.64. The molecule has 4 aromatic heterocycles. The van der Waals surface area contributed by atoms with Crippen molar-refractivity contribution in [2.75, 3.05) is 18.4 Å². The van der Waals surface area contributed by atoms with Gasteiger partial charge < -0.3 is 15.2 Å². The van der Waals surface area contributed by atoms with Crippen molar-refractivity contribution in [1.29, 1.82) is 0 Å². The molecule has 1 aliphatic heterocycles.